The van der Waals surface area contributed by atoms with Gasteiger partial charge in [0.15, 0.2) is 6.10 Å². The predicted molar refractivity (Wildman–Crippen MR) is 85.4 cm³/mol. The minimum Gasteiger partial charge on any atom is -0.447 e. The van der Waals surface area contributed by atoms with Crippen LogP contribution in [0.3, 0.4) is 0 Å². The largest absolute Gasteiger partial charge is 0.447 e. The van der Waals surface area contributed by atoms with Crippen LogP contribution >= 0.6 is 0 Å². The van der Waals surface area contributed by atoms with E-state index in [1.54, 1.807) is 6.92 Å². The Balaban J connectivity index is 2.04. The van der Waals surface area contributed by atoms with E-state index in [1.807, 2.05) is 32.9 Å². The van der Waals surface area contributed by atoms with Crippen molar-refractivity contribution in [2.75, 3.05) is 5.32 Å². The maximum atomic E-state index is 12.2. The van der Waals surface area contributed by atoms with Crippen molar-refractivity contribution in [3.8, 4) is 0 Å². The van der Waals surface area contributed by atoms with Gasteiger partial charge in [-0.05, 0) is 45.7 Å². The molecule has 0 saturated carbocycles. The van der Waals surface area contributed by atoms with Crippen molar-refractivity contribution < 1.29 is 18.8 Å². The summed E-state index contributed by atoms with van der Waals surface area (Å²) in [4.78, 5) is 24.1. The van der Waals surface area contributed by atoms with Crippen LogP contribution in [0.2, 0.25) is 0 Å². The standard InChI is InChI=1S/C17H20N2O4/c1-9-6-10(2)15(11(3)7-9)18-16(20)13(5)22-17(21)14-8-12(4)19-23-14/h6-8,13H,1-5H3,(H,18,20)/t13-/m0/s1. The molecule has 1 N–H and O–H groups in total. The first-order chi connectivity index (χ1) is 10.8. The molecule has 1 atom stereocenters. The third-order valence-electron chi connectivity index (χ3n) is 3.41. The first-order valence-corrected chi connectivity index (χ1v) is 7.31. The topological polar surface area (TPSA) is 81.4 Å². The lowest BCUT2D eigenvalue weighted by Gasteiger charge is -2.16. The molecule has 2 aromatic rings. The number of carbonyl (C=O) groups excluding carboxylic acids is 2. The molecule has 0 spiro atoms. The van der Waals surface area contributed by atoms with Gasteiger partial charge >= 0.3 is 5.97 Å². The summed E-state index contributed by atoms with van der Waals surface area (Å²) in [5.74, 6) is -1.14. The third-order valence-corrected chi connectivity index (χ3v) is 3.41. The molecule has 0 radical (unpaired) electrons. The molecule has 1 aromatic heterocycles. The molecule has 6 heteroatoms. The zero-order valence-corrected chi connectivity index (χ0v) is 13.9. The highest BCUT2D eigenvalue weighted by Crippen LogP contribution is 2.22. The van der Waals surface area contributed by atoms with Crippen LogP contribution in [0.5, 0.6) is 0 Å². The van der Waals surface area contributed by atoms with Crippen LogP contribution in [-0.2, 0) is 9.53 Å². The quantitative estimate of drug-likeness (QED) is 0.877. The fraction of sp³-hybridized carbons (Fsp3) is 0.353. The number of hydrogen-bond donors (Lipinski definition) is 1. The monoisotopic (exact) mass is 316 g/mol. The van der Waals surface area contributed by atoms with E-state index in [9.17, 15) is 9.59 Å². The van der Waals surface area contributed by atoms with Crippen LogP contribution in [0.4, 0.5) is 5.69 Å². The molecular formula is C17H20N2O4. The molecular weight excluding hydrogens is 296 g/mol. The number of anilines is 1. The molecule has 0 saturated heterocycles. The number of aromatic nitrogens is 1. The van der Waals surface area contributed by atoms with Crippen LogP contribution in [-0.4, -0.2) is 23.1 Å². The second-order valence-corrected chi connectivity index (χ2v) is 5.64. The summed E-state index contributed by atoms with van der Waals surface area (Å²) < 4.78 is 9.92. The van der Waals surface area contributed by atoms with Gasteiger partial charge in [0.2, 0.25) is 5.76 Å². The third kappa shape index (κ3) is 3.97. The molecule has 0 aliphatic heterocycles. The van der Waals surface area contributed by atoms with Gasteiger partial charge in [-0.3, -0.25) is 4.79 Å². The smallest absolute Gasteiger partial charge is 0.377 e. The van der Waals surface area contributed by atoms with Gasteiger partial charge in [-0.2, -0.15) is 0 Å². The summed E-state index contributed by atoms with van der Waals surface area (Å²) in [5, 5.41) is 6.42. The van der Waals surface area contributed by atoms with Crippen molar-refractivity contribution in [2.24, 2.45) is 0 Å². The minimum absolute atomic E-state index is 0.0233. The number of ether oxygens (including phenoxy) is 1. The highest BCUT2D eigenvalue weighted by Gasteiger charge is 2.22. The Kier molecular flexibility index (Phi) is 4.83. The average Bonchev–Trinajstić information content (AvgIpc) is 2.89. The number of nitrogens with zero attached hydrogens (tertiary/aromatic N) is 1. The van der Waals surface area contributed by atoms with Gasteiger partial charge in [-0.25, -0.2) is 4.79 Å². The van der Waals surface area contributed by atoms with Crippen molar-refractivity contribution in [1.82, 2.24) is 5.16 Å². The number of nitrogens with one attached hydrogen (secondary N) is 1. The van der Waals surface area contributed by atoms with E-state index < -0.39 is 18.0 Å². The molecule has 0 fully saturated rings. The molecule has 0 unspecified atom stereocenters. The molecule has 23 heavy (non-hydrogen) atoms. The van der Waals surface area contributed by atoms with Gasteiger partial charge in [0, 0.05) is 11.8 Å². The average molecular weight is 316 g/mol. The Hall–Kier alpha value is -2.63. The van der Waals surface area contributed by atoms with E-state index >= 15 is 0 Å². The van der Waals surface area contributed by atoms with Crippen LogP contribution in [0, 0.1) is 27.7 Å². The predicted octanol–water partition coefficient (Wildman–Crippen LogP) is 3.09. The summed E-state index contributed by atoms with van der Waals surface area (Å²) in [7, 11) is 0. The highest BCUT2D eigenvalue weighted by atomic mass is 16.6. The summed E-state index contributed by atoms with van der Waals surface area (Å²) >= 11 is 0. The van der Waals surface area contributed by atoms with Gasteiger partial charge in [-0.1, -0.05) is 22.9 Å². The number of amides is 1. The Morgan fingerprint density at radius 2 is 1.74 bits per heavy atom. The van der Waals surface area contributed by atoms with Crippen LogP contribution < -0.4 is 5.32 Å². The first kappa shape index (κ1) is 16.7. The number of aryl methyl sites for hydroxylation is 4. The summed E-state index contributed by atoms with van der Waals surface area (Å²) in [6, 6.07) is 5.42. The normalized spacial score (nSPS) is 11.9. The van der Waals surface area contributed by atoms with Crippen molar-refractivity contribution in [2.45, 2.75) is 40.7 Å². The van der Waals surface area contributed by atoms with Gasteiger partial charge < -0.3 is 14.6 Å². The first-order valence-electron chi connectivity index (χ1n) is 7.31. The second kappa shape index (κ2) is 6.64. The fourth-order valence-electron chi connectivity index (χ4n) is 2.33. The lowest BCUT2D eigenvalue weighted by molar-refractivity contribution is -0.123. The summed E-state index contributed by atoms with van der Waals surface area (Å²) in [6.07, 6.45) is -0.951. The van der Waals surface area contributed by atoms with E-state index in [1.165, 1.54) is 13.0 Å². The Morgan fingerprint density at radius 3 is 2.26 bits per heavy atom. The molecule has 1 amide bonds. The second-order valence-electron chi connectivity index (χ2n) is 5.64. The molecule has 1 aromatic carbocycles. The zero-order valence-electron chi connectivity index (χ0n) is 13.9. The number of esters is 1. The van der Waals surface area contributed by atoms with E-state index in [0.717, 1.165) is 22.4 Å². The molecule has 122 valence electrons. The van der Waals surface area contributed by atoms with E-state index in [-0.39, 0.29) is 5.76 Å². The molecule has 1 heterocycles. The van der Waals surface area contributed by atoms with Crippen molar-refractivity contribution in [3.05, 3.63) is 46.3 Å². The maximum absolute atomic E-state index is 12.2. The molecule has 6 nitrogen and oxygen atoms in total. The lowest BCUT2D eigenvalue weighted by atomic mass is 10.0. The van der Waals surface area contributed by atoms with E-state index in [4.69, 9.17) is 9.26 Å². The molecule has 0 aliphatic rings. The summed E-state index contributed by atoms with van der Waals surface area (Å²) in [5.41, 5.74) is 4.35. The van der Waals surface area contributed by atoms with Crippen molar-refractivity contribution in [3.63, 3.8) is 0 Å². The van der Waals surface area contributed by atoms with Crippen LogP contribution in [0.25, 0.3) is 0 Å². The number of carbonyl (C=O) groups is 2. The van der Waals surface area contributed by atoms with E-state index in [2.05, 4.69) is 10.5 Å². The van der Waals surface area contributed by atoms with Gasteiger partial charge in [-0.15, -0.1) is 0 Å². The van der Waals surface area contributed by atoms with Crippen molar-refractivity contribution >= 4 is 17.6 Å². The highest BCUT2D eigenvalue weighted by molar-refractivity contribution is 5.97. The lowest BCUT2D eigenvalue weighted by Crippen LogP contribution is -2.30. The van der Waals surface area contributed by atoms with Crippen molar-refractivity contribution in [1.29, 1.82) is 0 Å². The zero-order chi connectivity index (χ0) is 17.1. The molecule has 2 rings (SSSR count). The maximum Gasteiger partial charge on any atom is 0.377 e. The molecule has 0 aliphatic carbocycles. The Morgan fingerprint density at radius 1 is 1.13 bits per heavy atom. The minimum atomic E-state index is -0.951. The molecule has 0 bridgehead atoms. The van der Waals surface area contributed by atoms with Crippen LogP contribution in [0.15, 0.2) is 22.7 Å². The van der Waals surface area contributed by atoms with Crippen LogP contribution in [0.1, 0.15) is 39.9 Å². The number of rotatable bonds is 4. The number of benzene rings is 1. The fourth-order valence-corrected chi connectivity index (χ4v) is 2.33. The Bertz CT molecular complexity index is 726. The van der Waals surface area contributed by atoms with Gasteiger partial charge in [0.05, 0.1) is 5.69 Å². The van der Waals surface area contributed by atoms with Gasteiger partial charge in [0.25, 0.3) is 5.91 Å². The van der Waals surface area contributed by atoms with E-state index in [0.29, 0.717) is 5.69 Å². The SMILES string of the molecule is Cc1cc(C)c(NC(=O)[C@H](C)OC(=O)c2cc(C)no2)c(C)c1. The summed E-state index contributed by atoms with van der Waals surface area (Å²) in [6.45, 7) is 9.04. The Labute approximate surface area is 134 Å². The van der Waals surface area contributed by atoms with Gasteiger partial charge in [0.1, 0.15) is 0 Å². The number of hydrogen-bond acceptors (Lipinski definition) is 5.